The molecule has 0 aromatic rings. The van der Waals surface area contributed by atoms with Gasteiger partial charge in [0.05, 0.1) is 0 Å². The molecule has 0 aliphatic heterocycles. The van der Waals surface area contributed by atoms with Gasteiger partial charge in [-0.25, -0.2) is 0 Å². The Morgan fingerprint density at radius 2 is 1.19 bits per heavy atom. The van der Waals surface area contributed by atoms with E-state index in [9.17, 15) is 0 Å². The van der Waals surface area contributed by atoms with E-state index in [0.717, 1.165) is 5.33 Å². The lowest BCUT2D eigenvalue weighted by atomic mass is 10.1. The van der Waals surface area contributed by atoms with Crippen LogP contribution in [0.4, 0.5) is 0 Å². The predicted octanol–water partition coefficient (Wildman–Crippen LogP) is 6.27. The predicted molar refractivity (Wildman–Crippen MR) is 88.0 cm³/mol. The molecule has 0 unspecified atom stereocenters. The molecule has 0 spiro atoms. The van der Waals surface area contributed by atoms with Crippen LogP contribution in [-0.4, -0.2) is 9.76 Å². The summed E-state index contributed by atoms with van der Waals surface area (Å²) in [6.07, 6.45) is 18.7. The van der Waals surface area contributed by atoms with Gasteiger partial charge in [-0.1, -0.05) is 95.6 Å². The maximum absolute atomic E-state index is 3.39. The molecular weight excluding hydrogens is 375 g/mol. The Morgan fingerprint density at radius 1 is 0.688 bits per heavy atom. The molecule has 0 bridgehead atoms. The van der Waals surface area contributed by atoms with Gasteiger partial charge in [-0.05, 0) is 23.7 Å². The van der Waals surface area contributed by atoms with Crippen molar-refractivity contribution in [3.8, 4) is 0 Å². The molecule has 96 valence electrons. The van der Waals surface area contributed by atoms with Crippen LogP contribution < -0.4 is 0 Å². The second-order valence-electron chi connectivity index (χ2n) is 4.29. The second-order valence-corrected chi connectivity index (χ2v) is 6.01. The molecule has 0 fully saturated rings. The first-order valence-corrected chi connectivity index (χ1v) is 9.33. The lowest BCUT2D eigenvalue weighted by molar-refractivity contribution is 0.568. The number of unbranched alkanes of at least 4 members (excludes halogenated alkanes) is 9. The van der Waals surface area contributed by atoms with Crippen LogP contribution in [0.1, 0.15) is 64.2 Å². The summed E-state index contributed by atoms with van der Waals surface area (Å²) in [5.41, 5.74) is 0. The van der Waals surface area contributed by atoms with Gasteiger partial charge in [0.1, 0.15) is 0 Å². The topological polar surface area (TPSA) is 0 Å². The largest absolute Gasteiger partial charge is 0.0883 e. The minimum Gasteiger partial charge on any atom is -0.0883 e. The Labute approximate surface area is 124 Å². The van der Waals surface area contributed by atoms with Crippen LogP contribution in [0.25, 0.3) is 0 Å². The van der Waals surface area contributed by atoms with Crippen LogP contribution in [-0.2, 0) is 0 Å². The number of hydrogen-bond acceptors (Lipinski definition) is 0. The summed E-state index contributed by atoms with van der Waals surface area (Å²) in [7, 11) is 0. The van der Waals surface area contributed by atoms with E-state index in [1.807, 2.05) is 0 Å². The van der Waals surface area contributed by atoms with Gasteiger partial charge < -0.3 is 0 Å². The summed E-state index contributed by atoms with van der Waals surface area (Å²) in [6.45, 7) is 0. The first-order valence-electron chi connectivity index (χ1n) is 6.68. The summed E-state index contributed by atoms with van der Waals surface area (Å²) in [5, 5.41) is 1.00. The Bertz CT molecular complexity index is 146. The van der Waals surface area contributed by atoms with Gasteiger partial charge in [-0.2, -0.15) is 0 Å². The highest BCUT2D eigenvalue weighted by atomic mass is 127. The van der Waals surface area contributed by atoms with E-state index < -0.39 is 0 Å². The zero-order chi connectivity index (χ0) is 11.9. The number of rotatable bonds is 12. The molecule has 0 nitrogen and oxygen atoms in total. The van der Waals surface area contributed by atoms with Crippen molar-refractivity contribution in [2.24, 2.45) is 0 Å². The highest BCUT2D eigenvalue weighted by molar-refractivity contribution is 14.1. The molecule has 0 aliphatic rings. The smallest absolute Gasteiger partial charge is 0.0212 e. The maximum atomic E-state index is 3.39. The van der Waals surface area contributed by atoms with Crippen LogP contribution in [0.5, 0.6) is 0 Å². The fourth-order valence-corrected chi connectivity index (χ4v) is 2.58. The molecular formula is C14H26BrI. The van der Waals surface area contributed by atoms with Crippen LogP contribution in [0.3, 0.4) is 0 Å². The highest BCUT2D eigenvalue weighted by Crippen LogP contribution is 2.11. The van der Waals surface area contributed by atoms with Crippen molar-refractivity contribution in [3.63, 3.8) is 0 Å². The molecule has 2 heteroatoms. The Morgan fingerprint density at radius 3 is 1.69 bits per heavy atom. The van der Waals surface area contributed by atoms with E-state index in [4.69, 9.17) is 0 Å². The minimum atomic E-state index is 1.00. The van der Waals surface area contributed by atoms with Crippen molar-refractivity contribution in [2.45, 2.75) is 64.2 Å². The monoisotopic (exact) mass is 400 g/mol. The Kier molecular flexibility index (Phi) is 16.9. The van der Waals surface area contributed by atoms with Crippen LogP contribution in [0.15, 0.2) is 12.2 Å². The average Bonchev–Trinajstić information content (AvgIpc) is 2.31. The third kappa shape index (κ3) is 14.9. The van der Waals surface area contributed by atoms with Gasteiger partial charge in [0.15, 0.2) is 0 Å². The third-order valence-corrected chi connectivity index (χ3v) is 3.90. The zero-order valence-corrected chi connectivity index (χ0v) is 14.1. The molecule has 0 amide bonds. The van der Waals surface area contributed by atoms with Crippen molar-refractivity contribution in [3.05, 3.63) is 12.2 Å². The van der Waals surface area contributed by atoms with E-state index in [0.29, 0.717) is 0 Å². The van der Waals surface area contributed by atoms with E-state index in [1.165, 1.54) is 68.6 Å². The number of hydrogen-bond donors (Lipinski definition) is 0. The number of allylic oxidation sites excluding steroid dienone is 2. The molecule has 0 aliphatic carbocycles. The van der Waals surface area contributed by atoms with Crippen molar-refractivity contribution < 1.29 is 0 Å². The summed E-state index contributed by atoms with van der Waals surface area (Å²) in [5.74, 6) is 0. The van der Waals surface area contributed by atoms with Crippen molar-refractivity contribution >= 4 is 38.5 Å². The van der Waals surface area contributed by atoms with E-state index in [-0.39, 0.29) is 0 Å². The van der Waals surface area contributed by atoms with Gasteiger partial charge in [0, 0.05) is 5.33 Å². The SMILES string of the molecule is BrCC=CCCCCCCCCCCCI. The second kappa shape index (κ2) is 16.0. The van der Waals surface area contributed by atoms with Gasteiger partial charge in [-0.15, -0.1) is 0 Å². The summed E-state index contributed by atoms with van der Waals surface area (Å²) < 4.78 is 1.33. The maximum Gasteiger partial charge on any atom is 0.0212 e. The molecule has 16 heavy (non-hydrogen) atoms. The van der Waals surface area contributed by atoms with Gasteiger partial charge in [0.2, 0.25) is 0 Å². The van der Waals surface area contributed by atoms with Crippen molar-refractivity contribution in [2.75, 3.05) is 9.76 Å². The van der Waals surface area contributed by atoms with E-state index in [2.05, 4.69) is 50.7 Å². The quantitative estimate of drug-likeness (QED) is 0.156. The third-order valence-electron chi connectivity index (χ3n) is 2.76. The Balaban J connectivity index is 2.90. The fraction of sp³-hybridized carbons (Fsp3) is 0.857. The molecule has 0 radical (unpaired) electrons. The Hall–Kier alpha value is 0.950. The van der Waals surface area contributed by atoms with Gasteiger partial charge in [-0.3, -0.25) is 0 Å². The van der Waals surface area contributed by atoms with Crippen LogP contribution in [0, 0.1) is 0 Å². The van der Waals surface area contributed by atoms with Crippen LogP contribution >= 0.6 is 38.5 Å². The molecule has 0 N–H and O–H groups in total. The fourth-order valence-electron chi connectivity index (χ4n) is 1.77. The molecule has 0 saturated carbocycles. The standard InChI is InChI=1S/C14H26BrI/c15-13-11-9-7-5-3-1-2-4-6-8-10-12-14-16/h9,11H,1-8,10,12-14H2. The first kappa shape index (κ1) is 16.9. The minimum absolute atomic E-state index is 1.00. The zero-order valence-electron chi connectivity index (χ0n) is 10.4. The van der Waals surface area contributed by atoms with E-state index >= 15 is 0 Å². The first-order chi connectivity index (χ1) is 7.91. The van der Waals surface area contributed by atoms with Gasteiger partial charge >= 0.3 is 0 Å². The summed E-state index contributed by atoms with van der Waals surface area (Å²) >= 11 is 5.86. The normalized spacial score (nSPS) is 11.4. The van der Waals surface area contributed by atoms with Crippen LogP contribution in [0.2, 0.25) is 0 Å². The van der Waals surface area contributed by atoms with Gasteiger partial charge in [0.25, 0.3) is 0 Å². The molecule has 0 aromatic heterocycles. The highest BCUT2D eigenvalue weighted by Gasteiger charge is 1.91. The van der Waals surface area contributed by atoms with Crippen molar-refractivity contribution in [1.82, 2.24) is 0 Å². The number of alkyl halides is 2. The summed E-state index contributed by atoms with van der Waals surface area (Å²) in [4.78, 5) is 0. The molecule has 0 rings (SSSR count). The summed E-state index contributed by atoms with van der Waals surface area (Å²) in [6, 6.07) is 0. The molecule has 0 aromatic carbocycles. The lowest BCUT2D eigenvalue weighted by Gasteiger charge is -2.00. The van der Waals surface area contributed by atoms with E-state index in [1.54, 1.807) is 0 Å². The number of halogens is 2. The molecule has 0 saturated heterocycles. The van der Waals surface area contributed by atoms with Crippen molar-refractivity contribution in [1.29, 1.82) is 0 Å². The molecule has 0 atom stereocenters. The molecule has 0 heterocycles. The lowest BCUT2D eigenvalue weighted by Crippen LogP contribution is -1.82. The average molecular weight is 401 g/mol.